The van der Waals surface area contributed by atoms with E-state index in [9.17, 15) is 5.26 Å². The minimum atomic E-state index is 0.611. The van der Waals surface area contributed by atoms with E-state index in [0.29, 0.717) is 5.56 Å². The summed E-state index contributed by atoms with van der Waals surface area (Å²) in [5, 5.41) is 14.8. The normalized spacial score (nSPS) is 11.5. The Bertz CT molecular complexity index is 2280. The fourth-order valence-corrected chi connectivity index (χ4v) is 5.85. The van der Waals surface area contributed by atoms with Crippen LogP contribution in [-0.4, -0.2) is 0 Å². The molecule has 0 aliphatic rings. The molecule has 2 aromatic heterocycles. The molecule has 0 unspecified atom stereocenters. The number of hydrogen-bond donors (Lipinski definition) is 0. The smallest absolute Gasteiger partial charge is 0.143 e. The molecular formula is C37H21NO2. The summed E-state index contributed by atoms with van der Waals surface area (Å²) in [6.07, 6.45) is 0. The minimum Gasteiger partial charge on any atom is -0.456 e. The lowest BCUT2D eigenvalue weighted by Gasteiger charge is -2.15. The Morgan fingerprint density at radius 1 is 0.425 bits per heavy atom. The van der Waals surface area contributed by atoms with Crippen molar-refractivity contribution < 1.29 is 8.83 Å². The predicted molar refractivity (Wildman–Crippen MR) is 162 cm³/mol. The van der Waals surface area contributed by atoms with Crippen molar-refractivity contribution in [1.29, 1.82) is 5.26 Å². The number of nitriles is 1. The van der Waals surface area contributed by atoms with E-state index in [2.05, 4.69) is 54.6 Å². The average Bonchev–Trinajstić information content (AvgIpc) is 3.59. The number of rotatable bonds is 3. The first kappa shape index (κ1) is 22.4. The lowest BCUT2D eigenvalue weighted by atomic mass is 9.87. The zero-order chi connectivity index (χ0) is 26.6. The van der Waals surface area contributed by atoms with E-state index in [-0.39, 0.29) is 0 Å². The zero-order valence-electron chi connectivity index (χ0n) is 21.4. The maximum absolute atomic E-state index is 10.6. The van der Waals surface area contributed by atoms with Crippen molar-refractivity contribution in [3.05, 3.63) is 133 Å². The molecule has 3 heteroatoms. The minimum absolute atomic E-state index is 0.611. The van der Waals surface area contributed by atoms with Gasteiger partial charge < -0.3 is 8.83 Å². The van der Waals surface area contributed by atoms with Gasteiger partial charge in [0.1, 0.15) is 28.4 Å². The highest BCUT2D eigenvalue weighted by molar-refractivity contribution is 6.11. The number of nitrogens with zero attached hydrogens (tertiary/aromatic N) is 1. The maximum Gasteiger partial charge on any atom is 0.143 e. The second kappa shape index (κ2) is 8.73. The third kappa shape index (κ3) is 3.37. The summed E-state index contributed by atoms with van der Waals surface area (Å²) < 4.78 is 12.5. The first-order chi connectivity index (χ1) is 19.8. The molecule has 2 heterocycles. The van der Waals surface area contributed by atoms with Gasteiger partial charge in [-0.15, -0.1) is 0 Å². The van der Waals surface area contributed by atoms with Crippen LogP contribution in [0.1, 0.15) is 5.56 Å². The van der Waals surface area contributed by atoms with Gasteiger partial charge >= 0.3 is 0 Å². The Labute approximate surface area is 230 Å². The van der Waals surface area contributed by atoms with Gasteiger partial charge in [0, 0.05) is 38.2 Å². The molecule has 0 saturated carbocycles. The molecule has 0 aliphatic carbocycles. The summed E-state index contributed by atoms with van der Waals surface area (Å²) in [6.45, 7) is 0. The van der Waals surface area contributed by atoms with Crippen LogP contribution in [0.15, 0.2) is 136 Å². The molecule has 0 saturated heterocycles. The number of furan rings is 2. The van der Waals surface area contributed by atoms with Crippen LogP contribution in [0.2, 0.25) is 0 Å². The van der Waals surface area contributed by atoms with E-state index in [4.69, 9.17) is 8.83 Å². The molecule has 6 aromatic carbocycles. The third-order valence-corrected chi connectivity index (χ3v) is 7.74. The number of benzene rings is 6. The van der Waals surface area contributed by atoms with E-state index in [1.807, 2.05) is 78.9 Å². The van der Waals surface area contributed by atoms with Gasteiger partial charge in [-0.2, -0.15) is 5.26 Å². The van der Waals surface area contributed by atoms with Gasteiger partial charge in [-0.05, 0) is 53.1 Å². The second-order valence-electron chi connectivity index (χ2n) is 10.0. The van der Waals surface area contributed by atoms with Gasteiger partial charge in [0.15, 0.2) is 0 Å². The average molecular weight is 512 g/mol. The molecule has 0 atom stereocenters. The second-order valence-corrected chi connectivity index (χ2v) is 10.0. The largest absolute Gasteiger partial charge is 0.456 e. The molecule has 186 valence electrons. The van der Waals surface area contributed by atoms with Crippen LogP contribution in [0.5, 0.6) is 0 Å². The summed E-state index contributed by atoms with van der Waals surface area (Å²) in [4.78, 5) is 0. The van der Waals surface area contributed by atoms with Gasteiger partial charge in [-0.1, -0.05) is 91.0 Å². The van der Waals surface area contributed by atoms with Gasteiger partial charge in [-0.3, -0.25) is 0 Å². The van der Waals surface area contributed by atoms with E-state index >= 15 is 0 Å². The molecule has 8 rings (SSSR count). The monoisotopic (exact) mass is 511 g/mol. The topological polar surface area (TPSA) is 50.1 Å². The molecule has 0 radical (unpaired) electrons. The first-order valence-electron chi connectivity index (χ1n) is 13.2. The SMILES string of the molecule is N#Cc1c(-c2ccc3oc4ccccc4c3c2)cc(-c2ccccc2)cc1-c1cccc2c1oc1ccccc12. The Kier molecular flexibility index (Phi) is 4.89. The molecule has 0 fully saturated rings. The molecule has 0 bridgehead atoms. The van der Waals surface area contributed by atoms with Crippen molar-refractivity contribution >= 4 is 43.9 Å². The van der Waals surface area contributed by atoms with Gasteiger partial charge in [0.2, 0.25) is 0 Å². The Hall–Kier alpha value is -5.59. The van der Waals surface area contributed by atoms with Crippen LogP contribution in [0.25, 0.3) is 77.3 Å². The van der Waals surface area contributed by atoms with Gasteiger partial charge in [0.25, 0.3) is 0 Å². The van der Waals surface area contributed by atoms with Crippen molar-refractivity contribution in [3.63, 3.8) is 0 Å². The van der Waals surface area contributed by atoms with Crippen LogP contribution in [0.4, 0.5) is 0 Å². The summed E-state index contributed by atoms with van der Waals surface area (Å²) >= 11 is 0. The maximum atomic E-state index is 10.6. The highest BCUT2D eigenvalue weighted by atomic mass is 16.3. The number of fused-ring (bicyclic) bond motifs is 6. The third-order valence-electron chi connectivity index (χ3n) is 7.74. The fourth-order valence-electron chi connectivity index (χ4n) is 5.85. The highest BCUT2D eigenvalue weighted by Gasteiger charge is 2.20. The number of para-hydroxylation sites is 3. The number of hydrogen-bond acceptors (Lipinski definition) is 3. The molecule has 40 heavy (non-hydrogen) atoms. The van der Waals surface area contributed by atoms with Gasteiger partial charge in [0.05, 0.1) is 5.56 Å². The van der Waals surface area contributed by atoms with E-state index in [1.54, 1.807) is 0 Å². The van der Waals surface area contributed by atoms with Crippen LogP contribution < -0.4 is 0 Å². The molecular weight excluding hydrogens is 490 g/mol. The Morgan fingerprint density at radius 2 is 1.07 bits per heavy atom. The zero-order valence-corrected chi connectivity index (χ0v) is 21.4. The van der Waals surface area contributed by atoms with E-state index in [1.165, 1.54) is 0 Å². The van der Waals surface area contributed by atoms with Crippen LogP contribution in [0.3, 0.4) is 0 Å². The molecule has 0 amide bonds. The molecule has 0 N–H and O–H groups in total. The van der Waals surface area contributed by atoms with E-state index in [0.717, 1.165) is 77.3 Å². The van der Waals surface area contributed by atoms with Crippen molar-refractivity contribution in [1.82, 2.24) is 0 Å². The van der Waals surface area contributed by atoms with Gasteiger partial charge in [-0.25, -0.2) is 0 Å². The lowest BCUT2D eigenvalue weighted by Crippen LogP contribution is -1.93. The van der Waals surface area contributed by atoms with Crippen molar-refractivity contribution in [2.45, 2.75) is 0 Å². The quantitative estimate of drug-likeness (QED) is 0.237. The molecule has 0 aliphatic heterocycles. The Balaban J connectivity index is 1.45. The van der Waals surface area contributed by atoms with Crippen molar-refractivity contribution in [2.24, 2.45) is 0 Å². The van der Waals surface area contributed by atoms with Crippen molar-refractivity contribution in [2.75, 3.05) is 0 Å². The standard InChI is InChI=1S/C37H21NO2/c38-22-33-30(24-17-18-36-32(19-24)27-12-5-6-15-34(27)39-36)20-25(23-9-2-1-3-10-23)21-31(33)29-14-8-13-28-26-11-4-7-16-35(26)40-37(28)29/h1-21H. The summed E-state index contributed by atoms with van der Waals surface area (Å²) in [6, 6.07) is 45.6. The predicted octanol–water partition coefficient (Wildman–Crippen LogP) is 10.4. The summed E-state index contributed by atoms with van der Waals surface area (Å²) in [5.74, 6) is 0. The summed E-state index contributed by atoms with van der Waals surface area (Å²) in [7, 11) is 0. The van der Waals surface area contributed by atoms with E-state index < -0.39 is 0 Å². The lowest BCUT2D eigenvalue weighted by molar-refractivity contribution is 0.669. The fraction of sp³-hybridized carbons (Fsp3) is 0. The first-order valence-corrected chi connectivity index (χ1v) is 13.2. The Morgan fingerprint density at radius 3 is 1.88 bits per heavy atom. The van der Waals surface area contributed by atoms with Crippen LogP contribution in [-0.2, 0) is 0 Å². The molecule has 3 nitrogen and oxygen atoms in total. The molecule has 8 aromatic rings. The summed E-state index contributed by atoms with van der Waals surface area (Å²) in [5.41, 5.74) is 9.62. The van der Waals surface area contributed by atoms with Crippen LogP contribution >= 0.6 is 0 Å². The highest BCUT2D eigenvalue weighted by Crippen LogP contribution is 2.42. The van der Waals surface area contributed by atoms with Crippen LogP contribution in [0, 0.1) is 11.3 Å². The molecule has 0 spiro atoms. The van der Waals surface area contributed by atoms with Crippen molar-refractivity contribution in [3.8, 4) is 39.4 Å².